The molecular formula is C11H13FN2O2S. The highest BCUT2D eigenvalue weighted by Gasteiger charge is 2.11. The van der Waals surface area contributed by atoms with Gasteiger partial charge in [-0.1, -0.05) is 6.07 Å². The van der Waals surface area contributed by atoms with Gasteiger partial charge in [0.05, 0.1) is 17.0 Å². The predicted octanol–water partition coefficient (Wildman–Crippen LogP) is 1.49. The van der Waals surface area contributed by atoms with Crippen LogP contribution >= 0.6 is 12.1 Å². The Morgan fingerprint density at radius 1 is 1.65 bits per heavy atom. The number of ether oxygens (including phenoxy) is 1. The van der Waals surface area contributed by atoms with Crippen LogP contribution in [0.25, 0.3) is 0 Å². The summed E-state index contributed by atoms with van der Waals surface area (Å²) >= 11 is 0.00134. The molecule has 1 atom stereocenters. The van der Waals surface area contributed by atoms with Crippen LogP contribution in [0.15, 0.2) is 23.1 Å². The van der Waals surface area contributed by atoms with Crippen molar-refractivity contribution in [3.8, 4) is 11.8 Å². The van der Waals surface area contributed by atoms with E-state index in [9.17, 15) is 8.99 Å². The van der Waals surface area contributed by atoms with Crippen LogP contribution in [-0.2, 0) is 0 Å². The molecule has 0 aliphatic heterocycles. The first kappa shape index (κ1) is 13.8. The van der Waals surface area contributed by atoms with Crippen LogP contribution in [0.5, 0.6) is 5.75 Å². The van der Waals surface area contributed by atoms with E-state index in [-0.39, 0.29) is 35.0 Å². The highest BCUT2D eigenvalue weighted by molar-refractivity contribution is 7.94. The summed E-state index contributed by atoms with van der Waals surface area (Å²) in [7, 11) is 1.71. The third-order valence-corrected chi connectivity index (χ3v) is 2.56. The van der Waals surface area contributed by atoms with Gasteiger partial charge in [0.25, 0.3) is 0 Å². The molecule has 0 aromatic heterocycles. The second kappa shape index (κ2) is 7.12. The van der Waals surface area contributed by atoms with Crippen molar-refractivity contribution in [3.05, 3.63) is 23.8 Å². The molecule has 0 heterocycles. The number of hydrogen-bond acceptors (Lipinski definition) is 5. The van der Waals surface area contributed by atoms with Gasteiger partial charge in [0.1, 0.15) is 30.1 Å². The Morgan fingerprint density at radius 2 is 2.41 bits per heavy atom. The molecule has 17 heavy (non-hydrogen) atoms. The minimum atomic E-state index is -0.673. The average molecular weight is 256 g/mol. The van der Waals surface area contributed by atoms with E-state index in [2.05, 4.69) is 5.32 Å². The highest BCUT2D eigenvalue weighted by atomic mass is 32.2. The molecule has 1 aromatic rings. The van der Waals surface area contributed by atoms with Gasteiger partial charge in [-0.25, -0.2) is 0 Å². The Labute approximate surface area is 104 Å². The summed E-state index contributed by atoms with van der Waals surface area (Å²) in [6.45, 7) is 0.440. The molecule has 0 radical (unpaired) electrons. The van der Waals surface area contributed by atoms with Crippen molar-refractivity contribution in [2.75, 3.05) is 20.2 Å². The molecule has 1 rings (SSSR count). The molecule has 0 bridgehead atoms. The molecule has 0 saturated heterocycles. The fourth-order valence-electron chi connectivity index (χ4n) is 1.29. The summed E-state index contributed by atoms with van der Waals surface area (Å²) in [4.78, 5) is 0.216. The van der Waals surface area contributed by atoms with Crippen LogP contribution in [0.2, 0.25) is 0 Å². The van der Waals surface area contributed by atoms with Crippen LogP contribution in [0.1, 0.15) is 5.56 Å². The number of nitriles is 1. The van der Waals surface area contributed by atoms with Crippen molar-refractivity contribution in [1.29, 1.82) is 5.26 Å². The fraction of sp³-hybridized carbons (Fsp3) is 0.364. The SMILES string of the molecule is CNCC(O)COc1cccc(SF)c1C#N. The lowest BCUT2D eigenvalue weighted by Crippen LogP contribution is -2.29. The number of benzene rings is 1. The third kappa shape index (κ3) is 3.89. The van der Waals surface area contributed by atoms with Gasteiger partial charge in [-0.15, -0.1) is 0 Å². The Bertz CT molecular complexity index is 409. The summed E-state index contributed by atoms with van der Waals surface area (Å²) in [6.07, 6.45) is -0.673. The summed E-state index contributed by atoms with van der Waals surface area (Å²) in [5.74, 6) is 0.283. The van der Waals surface area contributed by atoms with E-state index >= 15 is 0 Å². The van der Waals surface area contributed by atoms with Gasteiger partial charge in [0, 0.05) is 6.54 Å². The summed E-state index contributed by atoms with van der Waals surface area (Å²) in [6, 6.07) is 6.56. The second-order valence-electron chi connectivity index (χ2n) is 3.34. The molecule has 6 heteroatoms. The number of aliphatic hydroxyl groups excluding tert-OH is 1. The standard InChI is InChI=1S/C11H13FN2O2S/c1-14-6-8(15)7-16-10-3-2-4-11(17-12)9(10)5-13/h2-4,8,14-15H,6-7H2,1H3. The van der Waals surface area contributed by atoms with Gasteiger partial charge in [-0.05, 0) is 19.2 Å². The molecular weight excluding hydrogens is 243 g/mol. The maximum atomic E-state index is 12.5. The largest absolute Gasteiger partial charge is 0.489 e. The first-order valence-electron chi connectivity index (χ1n) is 5.00. The minimum Gasteiger partial charge on any atom is -0.489 e. The quantitative estimate of drug-likeness (QED) is 0.807. The monoisotopic (exact) mass is 256 g/mol. The van der Waals surface area contributed by atoms with E-state index in [0.29, 0.717) is 6.54 Å². The molecule has 0 spiro atoms. The number of halogens is 1. The van der Waals surface area contributed by atoms with Gasteiger partial charge in [0.15, 0.2) is 0 Å². The zero-order valence-corrected chi connectivity index (χ0v) is 10.1. The van der Waals surface area contributed by atoms with Crippen LogP contribution < -0.4 is 10.1 Å². The highest BCUT2D eigenvalue weighted by Crippen LogP contribution is 2.29. The Hall–Kier alpha value is -1.29. The number of nitrogens with zero attached hydrogens (tertiary/aromatic N) is 1. The number of likely N-dealkylation sites (N-methyl/N-ethyl adjacent to an activating group) is 1. The van der Waals surface area contributed by atoms with Crippen molar-refractivity contribution in [2.24, 2.45) is 0 Å². The second-order valence-corrected chi connectivity index (χ2v) is 3.93. The van der Waals surface area contributed by atoms with E-state index < -0.39 is 6.10 Å². The number of aliphatic hydroxyl groups is 1. The van der Waals surface area contributed by atoms with Crippen molar-refractivity contribution < 1.29 is 13.7 Å². The fourth-order valence-corrected chi connectivity index (χ4v) is 1.64. The molecule has 0 saturated carbocycles. The summed E-state index contributed by atoms with van der Waals surface area (Å²) in [5, 5.41) is 21.2. The smallest absolute Gasteiger partial charge is 0.138 e. The molecule has 0 aliphatic rings. The number of rotatable bonds is 6. The lowest BCUT2D eigenvalue weighted by Gasteiger charge is -2.13. The molecule has 92 valence electrons. The van der Waals surface area contributed by atoms with E-state index in [1.165, 1.54) is 6.07 Å². The van der Waals surface area contributed by atoms with Gasteiger partial charge in [-0.2, -0.15) is 9.15 Å². The van der Waals surface area contributed by atoms with Crippen molar-refractivity contribution in [2.45, 2.75) is 11.0 Å². The normalized spacial score (nSPS) is 11.9. The zero-order valence-electron chi connectivity index (χ0n) is 9.31. The molecule has 4 nitrogen and oxygen atoms in total. The molecule has 0 aliphatic carbocycles. The predicted molar refractivity (Wildman–Crippen MR) is 63.6 cm³/mol. The lowest BCUT2D eigenvalue weighted by atomic mass is 10.2. The Kier molecular flexibility index (Phi) is 5.77. The first-order valence-corrected chi connectivity index (χ1v) is 5.71. The van der Waals surface area contributed by atoms with Crippen LogP contribution in [0, 0.1) is 11.3 Å². The molecule has 1 aromatic carbocycles. The topological polar surface area (TPSA) is 65.3 Å². The maximum Gasteiger partial charge on any atom is 0.138 e. The number of nitrogens with one attached hydrogen (secondary N) is 1. The zero-order chi connectivity index (χ0) is 12.7. The van der Waals surface area contributed by atoms with Gasteiger partial charge in [0.2, 0.25) is 0 Å². The lowest BCUT2D eigenvalue weighted by molar-refractivity contribution is 0.108. The van der Waals surface area contributed by atoms with Crippen LogP contribution in [0.3, 0.4) is 0 Å². The van der Waals surface area contributed by atoms with Gasteiger partial charge >= 0.3 is 0 Å². The number of hydrogen-bond donors (Lipinski definition) is 2. The molecule has 1 unspecified atom stereocenters. The molecule has 0 fully saturated rings. The van der Waals surface area contributed by atoms with Crippen LogP contribution in [0.4, 0.5) is 3.89 Å². The van der Waals surface area contributed by atoms with Gasteiger partial charge < -0.3 is 15.2 Å². The summed E-state index contributed by atoms with van der Waals surface area (Å²) in [5.41, 5.74) is 0.150. The van der Waals surface area contributed by atoms with E-state index in [1.54, 1.807) is 19.2 Å². The van der Waals surface area contributed by atoms with Crippen molar-refractivity contribution >= 4 is 12.1 Å². The van der Waals surface area contributed by atoms with E-state index in [1.807, 2.05) is 6.07 Å². The Morgan fingerprint density at radius 3 is 3.00 bits per heavy atom. The third-order valence-electron chi connectivity index (χ3n) is 2.05. The van der Waals surface area contributed by atoms with Crippen molar-refractivity contribution in [3.63, 3.8) is 0 Å². The minimum absolute atomic E-state index is 0.00134. The van der Waals surface area contributed by atoms with Crippen LogP contribution in [-0.4, -0.2) is 31.4 Å². The first-order chi connectivity index (χ1) is 8.22. The van der Waals surface area contributed by atoms with Crippen molar-refractivity contribution in [1.82, 2.24) is 5.32 Å². The average Bonchev–Trinajstić information content (AvgIpc) is 2.36. The molecule has 2 N–H and O–H groups in total. The maximum absolute atomic E-state index is 12.5. The Balaban J connectivity index is 2.74. The summed E-state index contributed by atoms with van der Waals surface area (Å²) < 4.78 is 17.8. The van der Waals surface area contributed by atoms with Gasteiger partial charge in [-0.3, -0.25) is 0 Å². The molecule has 0 amide bonds. The van der Waals surface area contributed by atoms with E-state index in [0.717, 1.165) is 0 Å². The van der Waals surface area contributed by atoms with E-state index in [4.69, 9.17) is 10.00 Å².